The molecule has 80 valence electrons. The highest BCUT2D eigenvalue weighted by Gasteiger charge is 1.92. The Morgan fingerprint density at radius 2 is 1.86 bits per heavy atom. The van der Waals surface area contributed by atoms with Gasteiger partial charge < -0.3 is 0 Å². The predicted molar refractivity (Wildman–Crippen MR) is 66.5 cm³/mol. The molecular weight excluding hydrogens is 168 g/mol. The Bertz CT molecular complexity index is 184. The fourth-order valence-corrected chi connectivity index (χ4v) is 1.45. The van der Waals surface area contributed by atoms with Gasteiger partial charge in [-0.15, -0.1) is 0 Å². The van der Waals surface area contributed by atoms with Crippen molar-refractivity contribution in [1.29, 1.82) is 0 Å². The Balaban J connectivity index is 3.54. The van der Waals surface area contributed by atoms with Crippen LogP contribution >= 0.6 is 0 Å². The molecule has 0 aromatic carbocycles. The van der Waals surface area contributed by atoms with Crippen molar-refractivity contribution in [2.24, 2.45) is 0 Å². The van der Waals surface area contributed by atoms with Crippen molar-refractivity contribution >= 4 is 0 Å². The minimum absolute atomic E-state index is 1.21. The van der Waals surface area contributed by atoms with Crippen LogP contribution < -0.4 is 0 Å². The van der Waals surface area contributed by atoms with Crippen molar-refractivity contribution in [2.45, 2.75) is 52.4 Å². The van der Waals surface area contributed by atoms with Crippen LogP contribution in [0.1, 0.15) is 52.4 Å². The normalized spacial score (nSPS) is 12.3. The van der Waals surface area contributed by atoms with Crippen LogP contribution in [-0.4, -0.2) is 0 Å². The zero-order chi connectivity index (χ0) is 10.6. The summed E-state index contributed by atoms with van der Waals surface area (Å²) < 4.78 is 0. The summed E-state index contributed by atoms with van der Waals surface area (Å²) in [5.41, 5.74) is 1.43. The van der Waals surface area contributed by atoms with Gasteiger partial charge in [0.15, 0.2) is 0 Å². The molecule has 0 nitrogen and oxygen atoms in total. The Morgan fingerprint density at radius 1 is 1.14 bits per heavy atom. The van der Waals surface area contributed by atoms with Crippen LogP contribution in [0.5, 0.6) is 0 Å². The second-order valence-electron chi connectivity index (χ2n) is 3.62. The molecule has 0 aliphatic heterocycles. The van der Waals surface area contributed by atoms with Crippen molar-refractivity contribution in [3.8, 4) is 0 Å². The minimum Gasteiger partial charge on any atom is -0.0991 e. The van der Waals surface area contributed by atoms with Crippen LogP contribution in [0.3, 0.4) is 0 Å². The molecule has 0 aliphatic rings. The standard InChI is InChI=1S/C14H24/c1-4-7-9-10-11-13-14(6-3)12-8-5-2/h5-6,8,12H,2,4,7,9-11,13H2,1,3H3/b12-8-,14-6+. The molecule has 0 radical (unpaired) electrons. The molecule has 0 rings (SSSR count). The molecule has 0 saturated heterocycles. The maximum absolute atomic E-state index is 3.67. The summed E-state index contributed by atoms with van der Waals surface area (Å²) in [5.74, 6) is 0. The number of hydrogen-bond acceptors (Lipinski definition) is 0. The van der Waals surface area contributed by atoms with Crippen LogP contribution in [0.25, 0.3) is 0 Å². The summed E-state index contributed by atoms with van der Waals surface area (Å²) in [6.45, 7) is 8.03. The van der Waals surface area contributed by atoms with Gasteiger partial charge in [-0.2, -0.15) is 0 Å². The summed E-state index contributed by atoms with van der Waals surface area (Å²) in [5, 5.41) is 0. The molecule has 0 atom stereocenters. The van der Waals surface area contributed by atoms with E-state index in [0.717, 1.165) is 0 Å². The summed E-state index contributed by atoms with van der Waals surface area (Å²) in [6, 6.07) is 0. The van der Waals surface area contributed by atoms with E-state index in [1.54, 1.807) is 0 Å². The molecule has 0 aliphatic carbocycles. The topological polar surface area (TPSA) is 0 Å². The third-order valence-electron chi connectivity index (χ3n) is 2.39. The lowest BCUT2D eigenvalue weighted by Crippen LogP contribution is -1.81. The first-order chi connectivity index (χ1) is 6.85. The summed E-state index contributed by atoms with van der Waals surface area (Å²) in [7, 11) is 0. The highest BCUT2D eigenvalue weighted by molar-refractivity contribution is 5.20. The van der Waals surface area contributed by atoms with Crippen molar-refractivity contribution in [2.75, 3.05) is 0 Å². The van der Waals surface area contributed by atoms with Crippen LogP contribution in [0.15, 0.2) is 36.5 Å². The third kappa shape index (κ3) is 7.85. The Hall–Kier alpha value is -0.780. The zero-order valence-electron chi connectivity index (χ0n) is 9.76. The van der Waals surface area contributed by atoms with Crippen molar-refractivity contribution in [3.63, 3.8) is 0 Å². The molecule has 0 aromatic heterocycles. The van der Waals surface area contributed by atoms with Gasteiger partial charge in [0, 0.05) is 0 Å². The Labute approximate surface area is 89.4 Å². The highest BCUT2D eigenvalue weighted by atomic mass is 14.0. The van der Waals surface area contributed by atoms with Crippen LogP contribution in [0.4, 0.5) is 0 Å². The lowest BCUT2D eigenvalue weighted by Gasteiger charge is -2.01. The molecule has 0 heteroatoms. The molecule has 0 unspecified atom stereocenters. The fraction of sp³-hybridized carbons (Fsp3) is 0.571. The van der Waals surface area contributed by atoms with E-state index in [4.69, 9.17) is 0 Å². The molecular formula is C14H24. The van der Waals surface area contributed by atoms with E-state index in [9.17, 15) is 0 Å². The van der Waals surface area contributed by atoms with Gasteiger partial charge in [-0.3, -0.25) is 0 Å². The second-order valence-corrected chi connectivity index (χ2v) is 3.62. The van der Waals surface area contributed by atoms with Crippen LogP contribution in [-0.2, 0) is 0 Å². The summed E-state index contributed by atoms with van der Waals surface area (Å²) in [4.78, 5) is 0. The average molecular weight is 192 g/mol. The molecule has 0 N–H and O–H groups in total. The largest absolute Gasteiger partial charge is 0.0991 e. The van der Waals surface area contributed by atoms with E-state index in [2.05, 4.69) is 32.6 Å². The SMILES string of the molecule is C=C/C=C\C(=C/C)CCCCCCC. The number of rotatable bonds is 8. The molecule has 0 saturated carbocycles. The van der Waals surface area contributed by atoms with Crippen LogP contribution in [0.2, 0.25) is 0 Å². The summed E-state index contributed by atoms with van der Waals surface area (Å²) in [6.07, 6.45) is 16.2. The Morgan fingerprint density at radius 3 is 2.43 bits per heavy atom. The van der Waals surface area contributed by atoms with Crippen molar-refractivity contribution in [1.82, 2.24) is 0 Å². The van der Waals surface area contributed by atoms with Crippen LogP contribution in [0, 0.1) is 0 Å². The van der Waals surface area contributed by atoms with Gasteiger partial charge in [0.25, 0.3) is 0 Å². The third-order valence-corrected chi connectivity index (χ3v) is 2.39. The maximum Gasteiger partial charge on any atom is -0.0282 e. The highest BCUT2D eigenvalue weighted by Crippen LogP contribution is 2.11. The molecule has 0 amide bonds. The first kappa shape index (κ1) is 13.2. The van der Waals surface area contributed by atoms with E-state index in [1.807, 2.05) is 12.2 Å². The smallest absolute Gasteiger partial charge is 0.0282 e. The maximum atomic E-state index is 3.67. The van der Waals surface area contributed by atoms with Gasteiger partial charge in [0.2, 0.25) is 0 Å². The number of unbranched alkanes of at least 4 members (excludes halogenated alkanes) is 4. The van der Waals surface area contributed by atoms with E-state index < -0.39 is 0 Å². The fourth-order valence-electron chi connectivity index (χ4n) is 1.45. The molecule has 0 fully saturated rings. The second kappa shape index (κ2) is 10.3. The van der Waals surface area contributed by atoms with Crippen molar-refractivity contribution in [3.05, 3.63) is 36.5 Å². The van der Waals surface area contributed by atoms with Crippen molar-refractivity contribution < 1.29 is 0 Å². The summed E-state index contributed by atoms with van der Waals surface area (Å²) >= 11 is 0. The Kier molecular flexibility index (Phi) is 9.73. The molecule has 0 bridgehead atoms. The van der Waals surface area contributed by atoms with Gasteiger partial charge in [-0.1, -0.05) is 69.1 Å². The predicted octanol–water partition coefficient (Wildman–Crippen LogP) is 5.04. The molecule has 0 aromatic rings. The van der Waals surface area contributed by atoms with E-state index in [0.29, 0.717) is 0 Å². The van der Waals surface area contributed by atoms with Gasteiger partial charge in [0.1, 0.15) is 0 Å². The molecule has 0 heterocycles. The van der Waals surface area contributed by atoms with Gasteiger partial charge >= 0.3 is 0 Å². The van der Waals surface area contributed by atoms with Gasteiger partial charge in [-0.05, 0) is 19.8 Å². The van der Waals surface area contributed by atoms with Gasteiger partial charge in [-0.25, -0.2) is 0 Å². The lowest BCUT2D eigenvalue weighted by molar-refractivity contribution is 0.633. The minimum atomic E-state index is 1.21. The lowest BCUT2D eigenvalue weighted by atomic mass is 10.1. The first-order valence-electron chi connectivity index (χ1n) is 5.79. The van der Waals surface area contributed by atoms with E-state index in [1.165, 1.54) is 44.1 Å². The van der Waals surface area contributed by atoms with E-state index in [-0.39, 0.29) is 0 Å². The quantitative estimate of drug-likeness (QED) is 0.373. The monoisotopic (exact) mass is 192 g/mol. The first-order valence-corrected chi connectivity index (χ1v) is 5.79. The number of hydrogen-bond donors (Lipinski definition) is 0. The van der Waals surface area contributed by atoms with E-state index >= 15 is 0 Å². The molecule has 14 heavy (non-hydrogen) atoms. The number of allylic oxidation sites excluding steroid dienone is 5. The molecule has 0 spiro atoms. The van der Waals surface area contributed by atoms with Gasteiger partial charge in [0.05, 0.1) is 0 Å². The zero-order valence-corrected chi connectivity index (χ0v) is 9.76. The average Bonchev–Trinajstić information content (AvgIpc) is 2.22.